The molecule has 2 amide bonds. The Bertz CT molecular complexity index is 346. The molecule has 0 bridgehead atoms. The van der Waals surface area contributed by atoms with E-state index < -0.39 is 11.4 Å². The van der Waals surface area contributed by atoms with Crippen LogP contribution in [0.5, 0.6) is 0 Å². The van der Waals surface area contributed by atoms with Gasteiger partial charge in [-0.15, -0.1) is 11.8 Å². The van der Waals surface area contributed by atoms with Crippen molar-refractivity contribution >= 4 is 29.5 Å². The Morgan fingerprint density at radius 3 is 2.24 bits per heavy atom. The van der Waals surface area contributed by atoms with Crippen molar-refractivity contribution in [1.82, 2.24) is 4.90 Å². The molecule has 0 aromatic heterocycles. The van der Waals surface area contributed by atoms with E-state index in [-0.39, 0.29) is 29.9 Å². The number of aliphatic carboxylic acids is 1. The van der Waals surface area contributed by atoms with Gasteiger partial charge in [-0.3, -0.25) is 19.3 Å². The Kier molecular flexibility index (Phi) is 3.42. The number of thioether (sulfide) groups is 1. The summed E-state index contributed by atoms with van der Waals surface area (Å²) in [7, 11) is 0. The van der Waals surface area contributed by atoms with Gasteiger partial charge in [-0.25, -0.2) is 0 Å². The molecular formula is C11H15NO4S. The number of carboxylic acids is 1. The lowest BCUT2D eigenvalue weighted by Gasteiger charge is -2.32. The Morgan fingerprint density at radius 2 is 1.76 bits per heavy atom. The fourth-order valence-corrected chi connectivity index (χ4v) is 3.25. The molecule has 1 aliphatic heterocycles. The lowest BCUT2D eigenvalue weighted by atomic mass is 9.85. The third kappa shape index (κ3) is 2.31. The van der Waals surface area contributed by atoms with Gasteiger partial charge in [0.25, 0.3) is 0 Å². The second-order valence-electron chi connectivity index (χ2n) is 4.66. The fraction of sp³-hybridized carbons (Fsp3) is 0.727. The molecule has 17 heavy (non-hydrogen) atoms. The summed E-state index contributed by atoms with van der Waals surface area (Å²) < 4.78 is 0. The Morgan fingerprint density at radius 1 is 1.24 bits per heavy atom. The zero-order valence-electron chi connectivity index (χ0n) is 9.48. The molecule has 0 radical (unpaired) electrons. The number of rotatable bonds is 3. The van der Waals surface area contributed by atoms with E-state index in [1.165, 1.54) is 11.8 Å². The zero-order valence-corrected chi connectivity index (χ0v) is 10.3. The van der Waals surface area contributed by atoms with E-state index in [0.717, 1.165) is 17.7 Å². The van der Waals surface area contributed by atoms with Crippen LogP contribution in [0.3, 0.4) is 0 Å². The monoisotopic (exact) mass is 257 g/mol. The lowest BCUT2D eigenvalue weighted by molar-refractivity contribution is -0.153. The Labute approximate surface area is 104 Å². The van der Waals surface area contributed by atoms with Gasteiger partial charge in [-0.2, -0.15) is 0 Å². The van der Waals surface area contributed by atoms with Crippen LogP contribution in [0.2, 0.25) is 0 Å². The third-order valence-electron chi connectivity index (χ3n) is 3.53. The summed E-state index contributed by atoms with van der Waals surface area (Å²) >= 11 is 1.29. The molecule has 1 aliphatic carbocycles. The molecule has 0 aromatic rings. The van der Waals surface area contributed by atoms with Gasteiger partial charge in [-0.1, -0.05) is 12.8 Å². The van der Waals surface area contributed by atoms with Crippen molar-refractivity contribution in [3.05, 3.63) is 0 Å². The number of carboxylic acid groups (broad SMARTS) is 1. The van der Waals surface area contributed by atoms with Gasteiger partial charge in [0.15, 0.2) is 0 Å². The standard InChI is InChI=1S/C11H15NO4S/c13-8-5-17-6-9(14)12(8)7-11(10(15)16)3-1-2-4-11/h1-7H2,(H,15,16). The van der Waals surface area contributed by atoms with Gasteiger partial charge >= 0.3 is 5.97 Å². The van der Waals surface area contributed by atoms with Gasteiger partial charge in [0, 0.05) is 6.54 Å². The molecule has 0 spiro atoms. The van der Waals surface area contributed by atoms with Crippen molar-refractivity contribution in [3.8, 4) is 0 Å². The predicted octanol–water partition coefficient (Wildman–Crippen LogP) is 0.733. The topological polar surface area (TPSA) is 74.7 Å². The number of nitrogens with zero attached hydrogens (tertiary/aromatic N) is 1. The number of hydrogen-bond donors (Lipinski definition) is 1. The molecule has 2 fully saturated rings. The van der Waals surface area contributed by atoms with E-state index in [2.05, 4.69) is 0 Å². The summed E-state index contributed by atoms with van der Waals surface area (Å²) in [5.74, 6) is -0.825. The molecule has 1 saturated carbocycles. The molecule has 0 unspecified atom stereocenters. The third-order valence-corrected chi connectivity index (χ3v) is 4.43. The van der Waals surface area contributed by atoms with Crippen molar-refractivity contribution in [3.63, 3.8) is 0 Å². The molecule has 0 aromatic carbocycles. The summed E-state index contributed by atoms with van der Waals surface area (Å²) in [6.45, 7) is 0.0561. The highest BCUT2D eigenvalue weighted by Crippen LogP contribution is 2.39. The summed E-state index contributed by atoms with van der Waals surface area (Å²) in [5, 5.41) is 9.31. The lowest BCUT2D eigenvalue weighted by Crippen LogP contribution is -2.50. The van der Waals surface area contributed by atoms with Crippen molar-refractivity contribution in [2.75, 3.05) is 18.1 Å². The van der Waals surface area contributed by atoms with Crippen molar-refractivity contribution in [1.29, 1.82) is 0 Å². The van der Waals surface area contributed by atoms with E-state index in [0.29, 0.717) is 12.8 Å². The van der Waals surface area contributed by atoms with Crippen molar-refractivity contribution in [2.24, 2.45) is 5.41 Å². The first-order chi connectivity index (χ1) is 8.05. The maximum atomic E-state index is 11.6. The van der Waals surface area contributed by atoms with Crippen LogP contribution in [0.25, 0.3) is 0 Å². The Balaban J connectivity index is 2.14. The molecule has 6 heteroatoms. The molecule has 5 nitrogen and oxygen atoms in total. The van der Waals surface area contributed by atoms with Crippen LogP contribution in [0.1, 0.15) is 25.7 Å². The minimum Gasteiger partial charge on any atom is -0.481 e. The zero-order chi connectivity index (χ0) is 12.5. The average molecular weight is 257 g/mol. The number of hydrogen-bond acceptors (Lipinski definition) is 4. The first-order valence-electron chi connectivity index (χ1n) is 5.69. The number of amides is 2. The molecule has 0 atom stereocenters. The second kappa shape index (κ2) is 4.68. The number of carbonyl (C=O) groups excluding carboxylic acids is 2. The van der Waals surface area contributed by atoms with Gasteiger partial charge in [-0.05, 0) is 12.8 Å². The van der Waals surface area contributed by atoms with E-state index in [1.54, 1.807) is 0 Å². The highest BCUT2D eigenvalue weighted by atomic mass is 32.2. The van der Waals surface area contributed by atoms with Gasteiger partial charge in [0.1, 0.15) is 0 Å². The smallest absolute Gasteiger partial charge is 0.311 e. The molecule has 2 aliphatic rings. The molecule has 94 valence electrons. The van der Waals surface area contributed by atoms with Crippen LogP contribution in [-0.4, -0.2) is 45.8 Å². The highest BCUT2D eigenvalue weighted by Gasteiger charge is 2.45. The van der Waals surface area contributed by atoms with Crippen molar-refractivity contribution < 1.29 is 19.5 Å². The second-order valence-corrected chi connectivity index (χ2v) is 5.64. The summed E-state index contributed by atoms with van der Waals surface area (Å²) in [4.78, 5) is 35.8. The first-order valence-corrected chi connectivity index (χ1v) is 6.85. The van der Waals surface area contributed by atoms with Crippen LogP contribution in [0, 0.1) is 5.41 Å². The highest BCUT2D eigenvalue weighted by molar-refractivity contribution is 8.00. The van der Waals surface area contributed by atoms with E-state index in [9.17, 15) is 19.5 Å². The van der Waals surface area contributed by atoms with E-state index in [4.69, 9.17) is 0 Å². The van der Waals surface area contributed by atoms with Crippen LogP contribution < -0.4 is 0 Å². The molecule has 2 rings (SSSR count). The molecule has 1 heterocycles. The van der Waals surface area contributed by atoms with Gasteiger partial charge in [0.2, 0.25) is 11.8 Å². The summed E-state index contributed by atoms with van der Waals surface area (Å²) in [6.07, 6.45) is 2.84. The Hall–Kier alpha value is -1.04. The van der Waals surface area contributed by atoms with Gasteiger partial charge < -0.3 is 5.11 Å². The van der Waals surface area contributed by atoms with Crippen LogP contribution in [-0.2, 0) is 14.4 Å². The number of imide groups is 1. The van der Waals surface area contributed by atoms with Crippen molar-refractivity contribution in [2.45, 2.75) is 25.7 Å². The normalized spacial score (nSPS) is 24.1. The minimum atomic E-state index is -0.896. The largest absolute Gasteiger partial charge is 0.481 e. The summed E-state index contributed by atoms with van der Waals surface area (Å²) in [5.41, 5.74) is -0.896. The van der Waals surface area contributed by atoms with E-state index >= 15 is 0 Å². The maximum Gasteiger partial charge on any atom is 0.311 e. The molecule has 1 N–H and O–H groups in total. The van der Waals surface area contributed by atoms with Gasteiger partial charge in [0.05, 0.1) is 16.9 Å². The quantitative estimate of drug-likeness (QED) is 0.754. The summed E-state index contributed by atoms with van der Waals surface area (Å²) in [6, 6.07) is 0. The fourth-order valence-electron chi connectivity index (χ4n) is 2.49. The first kappa shape index (κ1) is 12.4. The van der Waals surface area contributed by atoms with Crippen LogP contribution in [0.15, 0.2) is 0 Å². The SMILES string of the molecule is O=C1CSCC(=O)N1CC1(C(=O)O)CCCC1. The van der Waals surface area contributed by atoms with Crippen LogP contribution in [0.4, 0.5) is 0 Å². The minimum absolute atomic E-state index is 0.0561. The number of carbonyl (C=O) groups is 3. The predicted molar refractivity (Wildman–Crippen MR) is 62.6 cm³/mol. The average Bonchev–Trinajstić information content (AvgIpc) is 2.73. The molecule has 1 saturated heterocycles. The molecular weight excluding hydrogens is 242 g/mol. The maximum absolute atomic E-state index is 11.6. The van der Waals surface area contributed by atoms with Crippen LogP contribution >= 0.6 is 11.8 Å². The van der Waals surface area contributed by atoms with E-state index in [1.807, 2.05) is 0 Å².